The van der Waals surface area contributed by atoms with Gasteiger partial charge in [0.1, 0.15) is 6.10 Å². The first-order valence-corrected chi connectivity index (χ1v) is 11.5. The van der Waals surface area contributed by atoms with Crippen LogP contribution in [-0.4, -0.2) is 42.4 Å². The SMILES string of the molecule is CN=C/C(=C\N)c1cnc2c(c1)NC[C@@H]([C@H](NC[C@H](C)c1ccc(C)nc1)c1ccccc1)O2.I.[HH].[HH]. The number of halogens is 1. The van der Waals surface area contributed by atoms with E-state index in [1.165, 1.54) is 17.3 Å². The molecule has 0 amide bonds. The number of hydrogen-bond donors (Lipinski definition) is 3. The lowest BCUT2D eigenvalue weighted by atomic mass is 9.97. The second-order valence-corrected chi connectivity index (χ2v) is 8.55. The van der Waals surface area contributed by atoms with Gasteiger partial charge in [-0.25, -0.2) is 4.98 Å². The molecule has 2 aromatic heterocycles. The molecule has 1 aliphatic heterocycles. The number of anilines is 1. The van der Waals surface area contributed by atoms with E-state index >= 15 is 0 Å². The molecule has 0 saturated heterocycles. The molecule has 4 N–H and O–H groups in total. The van der Waals surface area contributed by atoms with Crippen molar-refractivity contribution < 1.29 is 7.59 Å². The van der Waals surface area contributed by atoms with Gasteiger partial charge < -0.3 is 21.1 Å². The summed E-state index contributed by atoms with van der Waals surface area (Å²) in [7, 11) is 1.72. The summed E-state index contributed by atoms with van der Waals surface area (Å²) in [5.74, 6) is 0.897. The number of aromatic nitrogens is 2. The standard InChI is InChI=1S/C27H32N6O.HI.2H2/c1-18(21-10-9-19(2)30-15-21)13-32-26(20-7-5-4-6-8-20)25-17-31-24-11-22(16-33-27(24)34-25)23(12-28)14-29-3;;;/h4-12,14-16,18,25-26,31-32H,13,17,28H2,1-3H3;3*1H/b23-12+,29-14?;;;/t18-,25-,26+;;;/m0.../s1. The van der Waals surface area contributed by atoms with Gasteiger partial charge in [0.25, 0.3) is 0 Å². The topological polar surface area (TPSA) is 97.5 Å². The zero-order valence-electron chi connectivity index (χ0n) is 20.3. The number of nitrogens with zero attached hydrogens (tertiary/aromatic N) is 3. The molecule has 188 valence electrons. The van der Waals surface area contributed by atoms with E-state index in [4.69, 9.17) is 10.5 Å². The Labute approximate surface area is 227 Å². The number of ether oxygens (including phenoxy) is 1. The van der Waals surface area contributed by atoms with E-state index in [-0.39, 0.29) is 39.0 Å². The molecule has 1 aromatic carbocycles. The number of hydrogen-bond acceptors (Lipinski definition) is 7. The van der Waals surface area contributed by atoms with Crippen molar-refractivity contribution in [2.24, 2.45) is 10.7 Å². The molecule has 3 heterocycles. The Hall–Kier alpha value is -2.98. The van der Waals surface area contributed by atoms with Gasteiger partial charge in [-0.3, -0.25) is 9.98 Å². The molecular formula is C27H37IN6O. The molecule has 3 atom stereocenters. The van der Waals surface area contributed by atoms with Gasteiger partial charge in [-0.15, -0.1) is 24.0 Å². The Morgan fingerprint density at radius 3 is 2.71 bits per heavy atom. The molecule has 0 bridgehead atoms. The van der Waals surface area contributed by atoms with Crippen LogP contribution in [0.25, 0.3) is 5.57 Å². The summed E-state index contributed by atoms with van der Waals surface area (Å²) in [4.78, 5) is 13.1. The molecule has 4 rings (SSSR count). The van der Waals surface area contributed by atoms with E-state index in [9.17, 15) is 0 Å². The zero-order valence-corrected chi connectivity index (χ0v) is 22.6. The average molecular weight is 589 g/mol. The molecule has 0 spiro atoms. The van der Waals surface area contributed by atoms with Gasteiger partial charge in [0.05, 0.1) is 18.3 Å². The molecule has 0 fully saturated rings. The lowest BCUT2D eigenvalue weighted by Crippen LogP contribution is -2.43. The van der Waals surface area contributed by atoms with Gasteiger partial charge >= 0.3 is 0 Å². The second kappa shape index (κ2) is 12.6. The van der Waals surface area contributed by atoms with Gasteiger partial charge in [0.2, 0.25) is 5.88 Å². The first-order valence-electron chi connectivity index (χ1n) is 11.5. The molecule has 35 heavy (non-hydrogen) atoms. The molecule has 8 heteroatoms. The number of pyridine rings is 2. The third-order valence-electron chi connectivity index (χ3n) is 6.07. The Morgan fingerprint density at radius 1 is 1.23 bits per heavy atom. The van der Waals surface area contributed by atoms with Crippen LogP contribution in [0.3, 0.4) is 0 Å². The Bertz CT molecular complexity index is 1160. The Balaban J connectivity index is 0.00000228. The number of fused-ring (bicyclic) bond motifs is 1. The number of aryl methyl sites for hydroxylation is 1. The summed E-state index contributed by atoms with van der Waals surface area (Å²) in [6.45, 7) is 5.66. The minimum absolute atomic E-state index is 0. The molecule has 0 aliphatic carbocycles. The van der Waals surface area contributed by atoms with Crippen molar-refractivity contribution in [2.45, 2.75) is 31.9 Å². The highest BCUT2D eigenvalue weighted by Gasteiger charge is 2.30. The molecule has 0 radical (unpaired) electrons. The van der Waals surface area contributed by atoms with Crippen LogP contribution in [0.2, 0.25) is 0 Å². The third kappa shape index (κ3) is 6.58. The van der Waals surface area contributed by atoms with Crippen molar-refractivity contribution in [3.8, 4) is 5.88 Å². The molecule has 3 aromatic rings. The largest absolute Gasteiger partial charge is 0.469 e. The number of nitrogens with two attached hydrogens (primary N) is 1. The van der Waals surface area contributed by atoms with Gasteiger partial charge in [-0.2, -0.15) is 0 Å². The van der Waals surface area contributed by atoms with Crippen molar-refractivity contribution in [1.29, 1.82) is 0 Å². The van der Waals surface area contributed by atoms with Crippen LogP contribution in [0, 0.1) is 6.92 Å². The van der Waals surface area contributed by atoms with Crippen LogP contribution in [0.5, 0.6) is 5.88 Å². The zero-order chi connectivity index (χ0) is 23.9. The van der Waals surface area contributed by atoms with Crippen molar-refractivity contribution in [3.05, 3.63) is 89.5 Å². The third-order valence-corrected chi connectivity index (χ3v) is 6.07. The smallest absolute Gasteiger partial charge is 0.237 e. The van der Waals surface area contributed by atoms with E-state index in [0.29, 0.717) is 18.3 Å². The quantitative estimate of drug-likeness (QED) is 0.247. The predicted molar refractivity (Wildman–Crippen MR) is 158 cm³/mol. The highest BCUT2D eigenvalue weighted by Crippen LogP contribution is 2.33. The second-order valence-electron chi connectivity index (χ2n) is 8.55. The first kappa shape index (κ1) is 26.6. The Morgan fingerprint density at radius 2 is 2.03 bits per heavy atom. The summed E-state index contributed by atoms with van der Waals surface area (Å²) >= 11 is 0. The van der Waals surface area contributed by atoms with Crippen LogP contribution < -0.4 is 21.1 Å². The van der Waals surface area contributed by atoms with Crippen LogP contribution in [0.15, 0.2) is 72.1 Å². The first-order chi connectivity index (χ1) is 16.6. The van der Waals surface area contributed by atoms with Crippen molar-refractivity contribution in [1.82, 2.24) is 15.3 Å². The van der Waals surface area contributed by atoms with Gasteiger partial charge in [-0.05, 0) is 36.1 Å². The summed E-state index contributed by atoms with van der Waals surface area (Å²) in [5, 5.41) is 7.24. The van der Waals surface area contributed by atoms with E-state index < -0.39 is 0 Å². The van der Waals surface area contributed by atoms with Gasteiger partial charge in [0.15, 0.2) is 0 Å². The molecule has 7 nitrogen and oxygen atoms in total. The van der Waals surface area contributed by atoms with E-state index in [1.807, 2.05) is 25.3 Å². The lowest BCUT2D eigenvalue weighted by molar-refractivity contribution is 0.149. The minimum atomic E-state index is -0.127. The van der Waals surface area contributed by atoms with Crippen molar-refractivity contribution in [3.63, 3.8) is 0 Å². The van der Waals surface area contributed by atoms with Gasteiger partial charge in [0, 0.05) is 58.1 Å². The maximum absolute atomic E-state index is 6.40. The number of nitrogens with one attached hydrogen (secondary N) is 2. The normalized spacial score (nSPS) is 17.0. The number of benzene rings is 1. The number of rotatable bonds is 8. The monoisotopic (exact) mass is 588 g/mol. The van der Waals surface area contributed by atoms with E-state index in [2.05, 4.69) is 68.9 Å². The van der Waals surface area contributed by atoms with Crippen molar-refractivity contribution >= 4 is 41.5 Å². The molecule has 1 aliphatic rings. The maximum Gasteiger partial charge on any atom is 0.237 e. The lowest BCUT2D eigenvalue weighted by Gasteiger charge is -2.34. The highest BCUT2D eigenvalue weighted by atomic mass is 127. The Kier molecular flexibility index (Phi) is 9.62. The van der Waals surface area contributed by atoms with Gasteiger partial charge in [-0.1, -0.05) is 43.3 Å². The molecule has 0 saturated carbocycles. The van der Waals surface area contributed by atoms with E-state index in [0.717, 1.165) is 29.1 Å². The molecular weight excluding hydrogens is 551 g/mol. The van der Waals surface area contributed by atoms with Crippen molar-refractivity contribution in [2.75, 3.05) is 25.5 Å². The van der Waals surface area contributed by atoms with Crippen LogP contribution in [0.1, 0.15) is 44.1 Å². The fourth-order valence-electron chi connectivity index (χ4n) is 4.08. The number of aliphatic imine (C=N–C) groups is 1. The number of allylic oxidation sites excluding steroid dienone is 1. The van der Waals surface area contributed by atoms with Crippen LogP contribution >= 0.6 is 24.0 Å². The summed E-state index contributed by atoms with van der Waals surface area (Å²) in [6.07, 6.45) is 6.85. The minimum Gasteiger partial charge on any atom is -0.469 e. The summed E-state index contributed by atoms with van der Waals surface area (Å²) in [6, 6.07) is 16.6. The fraction of sp³-hybridized carbons (Fsp3) is 0.296. The summed E-state index contributed by atoms with van der Waals surface area (Å²) < 4.78 is 6.40. The summed E-state index contributed by atoms with van der Waals surface area (Å²) in [5.41, 5.74) is 11.7. The average Bonchev–Trinajstić information content (AvgIpc) is 2.88. The van der Waals surface area contributed by atoms with Crippen LogP contribution in [-0.2, 0) is 0 Å². The highest BCUT2D eigenvalue weighted by molar-refractivity contribution is 14.0. The van der Waals surface area contributed by atoms with E-state index in [1.54, 1.807) is 19.5 Å². The fourth-order valence-corrected chi connectivity index (χ4v) is 4.08. The maximum atomic E-state index is 6.40. The molecule has 0 unspecified atom stereocenters. The van der Waals surface area contributed by atoms with Crippen LogP contribution in [0.4, 0.5) is 5.69 Å². The predicted octanol–water partition coefficient (Wildman–Crippen LogP) is 5.20.